The molecule has 1 aromatic heterocycles. The molecule has 1 fully saturated rings. The lowest BCUT2D eigenvalue weighted by Gasteiger charge is -2.31. The summed E-state index contributed by atoms with van der Waals surface area (Å²) in [4.78, 5) is 54.6. The molecule has 0 bridgehead atoms. The average Bonchev–Trinajstić information content (AvgIpc) is 2.83. The van der Waals surface area contributed by atoms with Crippen molar-refractivity contribution in [2.24, 2.45) is 5.92 Å². The summed E-state index contributed by atoms with van der Waals surface area (Å²) in [5.74, 6) is 0.134. The van der Waals surface area contributed by atoms with Crippen molar-refractivity contribution in [3.05, 3.63) is 80.5 Å². The first-order valence-electron chi connectivity index (χ1n) is 11.1. The number of benzene rings is 2. The number of likely N-dealkylation sites (tertiary alicyclic amines) is 1. The molecule has 32 heavy (non-hydrogen) atoms. The molecular weight excluding hydrogens is 406 g/mol. The van der Waals surface area contributed by atoms with Gasteiger partial charge in [0.25, 0.3) is 5.56 Å². The predicted octanol–water partition coefficient (Wildman–Crippen LogP) is 2.88. The van der Waals surface area contributed by atoms with E-state index >= 15 is 0 Å². The molecule has 2 aromatic carbocycles. The van der Waals surface area contributed by atoms with Crippen molar-refractivity contribution < 1.29 is 9.59 Å². The second-order valence-corrected chi connectivity index (χ2v) is 8.27. The third kappa shape index (κ3) is 4.48. The van der Waals surface area contributed by atoms with E-state index in [1.807, 2.05) is 6.92 Å². The molecule has 0 unspecified atom stereocenters. The summed E-state index contributed by atoms with van der Waals surface area (Å²) in [6, 6.07) is 14.0. The van der Waals surface area contributed by atoms with Gasteiger partial charge in [-0.1, -0.05) is 43.3 Å². The molecule has 0 amide bonds. The Kier molecular flexibility index (Phi) is 6.46. The molecule has 7 nitrogen and oxygen atoms in total. The fraction of sp³-hybridized carbons (Fsp3) is 0.360. The first-order chi connectivity index (χ1) is 15.5. The normalized spacial score (nSPS) is 15.2. The fourth-order valence-electron chi connectivity index (χ4n) is 4.32. The van der Waals surface area contributed by atoms with E-state index < -0.39 is 5.69 Å². The highest BCUT2D eigenvalue weighted by atomic mass is 16.2. The number of nitrogens with one attached hydrogen (secondary N) is 1. The number of H-pyrrole nitrogens is 1. The second-order valence-electron chi connectivity index (χ2n) is 8.27. The number of hydrogen-bond donors (Lipinski definition) is 1. The van der Waals surface area contributed by atoms with Gasteiger partial charge in [0.2, 0.25) is 0 Å². The minimum atomic E-state index is -0.399. The number of carbonyl (C=O) groups excluding carboxylic acids is 2. The minimum Gasteiger partial charge on any atom is -0.307 e. The summed E-state index contributed by atoms with van der Waals surface area (Å²) in [6.07, 6.45) is 1.91. The zero-order valence-electron chi connectivity index (χ0n) is 18.2. The van der Waals surface area contributed by atoms with Crippen molar-refractivity contribution in [2.75, 3.05) is 19.6 Å². The number of fused-ring (bicyclic) bond motifs is 1. The maximum Gasteiger partial charge on any atom is 0.328 e. The van der Waals surface area contributed by atoms with Crippen LogP contribution in [0.2, 0.25) is 0 Å². The molecule has 0 atom stereocenters. The summed E-state index contributed by atoms with van der Waals surface area (Å²) in [6.45, 7) is 4.19. The Balaban J connectivity index is 1.35. The van der Waals surface area contributed by atoms with Crippen molar-refractivity contribution in [2.45, 2.75) is 32.7 Å². The predicted molar refractivity (Wildman–Crippen MR) is 123 cm³/mol. The zero-order chi connectivity index (χ0) is 22.7. The zero-order valence-corrected chi connectivity index (χ0v) is 18.2. The Bertz CT molecular complexity index is 1250. The van der Waals surface area contributed by atoms with Crippen LogP contribution >= 0.6 is 0 Å². The minimum absolute atomic E-state index is 0.0502. The quantitative estimate of drug-likeness (QED) is 0.579. The van der Waals surface area contributed by atoms with Crippen LogP contribution in [-0.2, 0) is 6.54 Å². The number of carbonyl (C=O) groups is 2. The standard InChI is InChI=1S/C25H27N3O4/c1-2-22(29)17-7-9-18(10-8-17)23(30)19-11-13-27(14-12-19)15-16-28-24(31)20-5-3-4-6-21(20)26-25(28)32/h3-10,19H,2,11-16H2,1H3,(H,26,32). The monoisotopic (exact) mass is 433 g/mol. The SMILES string of the molecule is CCC(=O)c1ccc(C(=O)C2CCN(CCn3c(=O)[nH]c4ccccc4c3=O)CC2)cc1. The second kappa shape index (κ2) is 9.44. The Hall–Kier alpha value is -3.32. The highest BCUT2D eigenvalue weighted by molar-refractivity contribution is 6.00. The lowest BCUT2D eigenvalue weighted by atomic mass is 9.88. The summed E-state index contributed by atoms with van der Waals surface area (Å²) < 4.78 is 1.25. The van der Waals surface area contributed by atoms with E-state index in [0.29, 0.717) is 41.5 Å². The van der Waals surface area contributed by atoms with Gasteiger partial charge in [0.05, 0.1) is 10.9 Å². The summed E-state index contributed by atoms with van der Waals surface area (Å²) >= 11 is 0. The van der Waals surface area contributed by atoms with Crippen molar-refractivity contribution in [3.8, 4) is 0 Å². The maximum atomic E-state index is 12.9. The van der Waals surface area contributed by atoms with Crippen LogP contribution in [0.1, 0.15) is 46.9 Å². The summed E-state index contributed by atoms with van der Waals surface area (Å²) in [5.41, 5.74) is 1.15. The molecule has 0 aliphatic carbocycles. The van der Waals surface area contributed by atoms with Gasteiger partial charge in [-0.05, 0) is 38.1 Å². The van der Waals surface area contributed by atoms with E-state index in [-0.39, 0.29) is 23.0 Å². The molecule has 0 radical (unpaired) electrons. The molecule has 4 rings (SSSR count). The van der Waals surface area contributed by atoms with Crippen LogP contribution in [0.3, 0.4) is 0 Å². The van der Waals surface area contributed by atoms with Gasteiger partial charge in [0.15, 0.2) is 11.6 Å². The Morgan fingerprint density at radius 2 is 1.59 bits per heavy atom. The molecule has 0 spiro atoms. The number of Topliss-reactive ketones (excluding diaryl/α,β-unsaturated/α-hetero) is 2. The van der Waals surface area contributed by atoms with E-state index in [0.717, 1.165) is 25.9 Å². The Labute approximate surface area is 185 Å². The fourth-order valence-corrected chi connectivity index (χ4v) is 4.32. The van der Waals surface area contributed by atoms with E-state index in [9.17, 15) is 19.2 Å². The lowest BCUT2D eigenvalue weighted by Crippen LogP contribution is -2.42. The number of rotatable bonds is 7. The highest BCUT2D eigenvalue weighted by Crippen LogP contribution is 2.22. The van der Waals surface area contributed by atoms with Gasteiger partial charge in [-0.15, -0.1) is 0 Å². The number of aromatic nitrogens is 2. The van der Waals surface area contributed by atoms with Gasteiger partial charge in [-0.25, -0.2) is 4.79 Å². The molecule has 1 aliphatic rings. The molecule has 166 valence electrons. The van der Waals surface area contributed by atoms with Gasteiger partial charge in [0.1, 0.15) is 0 Å². The number of nitrogens with zero attached hydrogens (tertiary/aromatic N) is 2. The molecule has 1 saturated heterocycles. The number of para-hydroxylation sites is 1. The van der Waals surface area contributed by atoms with E-state index in [4.69, 9.17) is 0 Å². The van der Waals surface area contributed by atoms with Crippen LogP contribution in [0.4, 0.5) is 0 Å². The van der Waals surface area contributed by atoms with Crippen molar-refractivity contribution in [1.29, 1.82) is 0 Å². The van der Waals surface area contributed by atoms with Crippen LogP contribution < -0.4 is 11.2 Å². The third-order valence-electron chi connectivity index (χ3n) is 6.30. The van der Waals surface area contributed by atoms with Gasteiger partial charge >= 0.3 is 5.69 Å². The first-order valence-corrected chi connectivity index (χ1v) is 11.1. The van der Waals surface area contributed by atoms with Crippen LogP contribution in [0, 0.1) is 5.92 Å². The summed E-state index contributed by atoms with van der Waals surface area (Å²) in [7, 11) is 0. The Morgan fingerprint density at radius 3 is 2.28 bits per heavy atom. The van der Waals surface area contributed by atoms with Crippen molar-refractivity contribution in [3.63, 3.8) is 0 Å². The number of hydrogen-bond acceptors (Lipinski definition) is 5. The van der Waals surface area contributed by atoms with Gasteiger partial charge < -0.3 is 9.88 Å². The highest BCUT2D eigenvalue weighted by Gasteiger charge is 2.26. The van der Waals surface area contributed by atoms with Crippen LogP contribution in [0.5, 0.6) is 0 Å². The van der Waals surface area contributed by atoms with Gasteiger partial charge in [0, 0.05) is 36.6 Å². The topological polar surface area (TPSA) is 92.2 Å². The smallest absolute Gasteiger partial charge is 0.307 e. The average molecular weight is 434 g/mol. The number of aromatic amines is 1. The summed E-state index contributed by atoms with van der Waals surface area (Å²) in [5, 5.41) is 0.503. The van der Waals surface area contributed by atoms with E-state index in [2.05, 4.69) is 9.88 Å². The maximum absolute atomic E-state index is 12.9. The molecule has 1 aliphatic heterocycles. The molecule has 1 N–H and O–H groups in total. The van der Waals surface area contributed by atoms with Crippen LogP contribution in [-0.4, -0.2) is 45.7 Å². The van der Waals surface area contributed by atoms with Crippen LogP contribution in [0.25, 0.3) is 10.9 Å². The van der Waals surface area contributed by atoms with E-state index in [1.165, 1.54) is 4.57 Å². The van der Waals surface area contributed by atoms with Gasteiger partial charge in [-0.3, -0.25) is 19.0 Å². The molecule has 3 aromatic rings. The number of piperidine rings is 1. The molecule has 2 heterocycles. The van der Waals surface area contributed by atoms with E-state index in [1.54, 1.807) is 48.5 Å². The third-order valence-corrected chi connectivity index (χ3v) is 6.30. The van der Waals surface area contributed by atoms with Crippen molar-refractivity contribution >= 4 is 22.5 Å². The molecule has 0 saturated carbocycles. The van der Waals surface area contributed by atoms with Crippen molar-refractivity contribution in [1.82, 2.24) is 14.5 Å². The lowest BCUT2D eigenvalue weighted by molar-refractivity contribution is 0.0836. The Morgan fingerprint density at radius 1 is 0.938 bits per heavy atom. The van der Waals surface area contributed by atoms with Crippen LogP contribution in [0.15, 0.2) is 58.1 Å². The largest absolute Gasteiger partial charge is 0.328 e. The van der Waals surface area contributed by atoms with Gasteiger partial charge in [-0.2, -0.15) is 0 Å². The molecular formula is C25H27N3O4. The molecule has 7 heteroatoms. The first kappa shape index (κ1) is 21.9. The number of ketones is 2.